The molecule has 2 aliphatic heterocycles. The fourth-order valence-electron chi connectivity index (χ4n) is 5.44. The number of aliphatic imine (C=N–C) groups is 1. The van der Waals surface area contributed by atoms with E-state index in [0.717, 1.165) is 30.9 Å². The molecule has 0 bridgehead atoms. The number of benzene rings is 2. The average Bonchev–Trinajstić information content (AvgIpc) is 3.38. The van der Waals surface area contributed by atoms with Gasteiger partial charge in [-0.3, -0.25) is 14.5 Å². The van der Waals surface area contributed by atoms with E-state index in [1.807, 2.05) is 25.1 Å². The van der Waals surface area contributed by atoms with Crippen LogP contribution in [-0.2, 0) is 11.2 Å². The van der Waals surface area contributed by atoms with Crippen molar-refractivity contribution in [3.63, 3.8) is 0 Å². The van der Waals surface area contributed by atoms with Gasteiger partial charge in [0.1, 0.15) is 0 Å². The van der Waals surface area contributed by atoms with Crippen LogP contribution in [0.3, 0.4) is 0 Å². The molecule has 2 aromatic carbocycles. The zero-order valence-corrected chi connectivity index (χ0v) is 20.8. The van der Waals surface area contributed by atoms with E-state index in [-0.39, 0.29) is 24.4 Å². The van der Waals surface area contributed by atoms with E-state index in [1.165, 1.54) is 36.8 Å². The maximum atomic E-state index is 12.3. The highest BCUT2D eigenvalue weighted by atomic mass is 16.2. The van der Waals surface area contributed by atoms with Crippen molar-refractivity contribution >= 4 is 17.6 Å². The highest BCUT2D eigenvalue weighted by molar-refractivity contribution is 5.96. The van der Waals surface area contributed by atoms with E-state index in [4.69, 9.17) is 0 Å². The van der Waals surface area contributed by atoms with E-state index in [9.17, 15) is 9.59 Å². The van der Waals surface area contributed by atoms with Crippen LogP contribution in [-0.4, -0.2) is 60.9 Å². The number of nitrogens with zero attached hydrogens (tertiary/aromatic N) is 4. The standard InChI is InChI=1S/C28H34N6O2/c1-19-3-2-4-23(13-19)28(36)29-15-27(35)32-24-16-34(17-24)25-11-9-22(10-12-25)21-7-5-20(6-8-21)14-26-30-18-31-33-26/h2-8,13,22,24-25H,9-12,14-18H2,1H3,(H,29,36)(H,32,35). The second-order valence-corrected chi connectivity index (χ2v) is 10.2. The number of azo groups is 1. The molecule has 3 aliphatic rings. The monoisotopic (exact) mass is 486 g/mol. The van der Waals surface area contributed by atoms with E-state index in [1.54, 1.807) is 6.07 Å². The number of carbonyl (C=O) groups excluding carboxylic acids is 2. The van der Waals surface area contributed by atoms with Crippen molar-refractivity contribution in [2.75, 3.05) is 26.3 Å². The molecule has 1 saturated heterocycles. The van der Waals surface area contributed by atoms with Crippen LogP contribution >= 0.6 is 0 Å². The number of rotatable bonds is 8. The molecular formula is C28H34N6O2. The summed E-state index contributed by atoms with van der Waals surface area (Å²) in [6.45, 7) is 4.20. The second-order valence-electron chi connectivity index (χ2n) is 10.2. The molecule has 36 heavy (non-hydrogen) atoms. The molecule has 0 atom stereocenters. The number of nitrogens with one attached hydrogen (secondary N) is 2. The Bertz CT molecular complexity index is 1140. The lowest BCUT2D eigenvalue weighted by Crippen LogP contribution is -2.63. The van der Waals surface area contributed by atoms with Gasteiger partial charge in [0, 0.05) is 31.1 Å². The zero-order valence-electron chi connectivity index (χ0n) is 20.8. The smallest absolute Gasteiger partial charge is 0.251 e. The molecule has 2 heterocycles. The van der Waals surface area contributed by atoms with E-state index in [2.05, 4.69) is 55.0 Å². The Morgan fingerprint density at radius 3 is 2.50 bits per heavy atom. The number of hydrogen-bond donors (Lipinski definition) is 2. The number of amidine groups is 1. The maximum Gasteiger partial charge on any atom is 0.251 e. The lowest BCUT2D eigenvalue weighted by molar-refractivity contribution is -0.122. The Morgan fingerprint density at radius 2 is 1.81 bits per heavy atom. The molecule has 0 aromatic heterocycles. The second kappa shape index (κ2) is 11.1. The molecule has 2 amide bonds. The first kappa shape index (κ1) is 24.3. The molecule has 2 fully saturated rings. The van der Waals surface area contributed by atoms with Gasteiger partial charge >= 0.3 is 0 Å². The molecule has 8 heteroatoms. The normalized spacial score (nSPS) is 22.1. The Balaban J connectivity index is 0.994. The minimum atomic E-state index is -0.217. The van der Waals surface area contributed by atoms with Crippen LogP contribution in [0.2, 0.25) is 0 Å². The van der Waals surface area contributed by atoms with Gasteiger partial charge in [-0.15, -0.1) is 5.11 Å². The molecule has 2 aromatic rings. The van der Waals surface area contributed by atoms with Crippen molar-refractivity contribution in [3.8, 4) is 0 Å². The molecule has 2 N–H and O–H groups in total. The predicted octanol–water partition coefficient (Wildman–Crippen LogP) is 3.62. The highest BCUT2D eigenvalue weighted by Crippen LogP contribution is 2.36. The van der Waals surface area contributed by atoms with Crippen LogP contribution in [0.15, 0.2) is 63.8 Å². The predicted molar refractivity (Wildman–Crippen MR) is 139 cm³/mol. The third-order valence-corrected chi connectivity index (χ3v) is 7.49. The van der Waals surface area contributed by atoms with Crippen LogP contribution in [0, 0.1) is 6.92 Å². The SMILES string of the molecule is Cc1cccc(C(=O)NCC(=O)NC2CN(C3CCC(c4ccc(CC5=NCN=N5)cc4)CC3)C2)c1. The van der Waals surface area contributed by atoms with Crippen molar-refractivity contribution in [3.05, 3.63) is 70.8 Å². The molecule has 188 valence electrons. The quantitative estimate of drug-likeness (QED) is 0.596. The van der Waals surface area contributed by atoms with Gasteiger partial charge in [-0.1, -0.05) is 42.0 Å². The first-order valence-corrected chi connectivity index (χ1v) is 12.9. The summed E-state index contributed by atoms with van der Waals surface area (Å²) in [7, 11) is 0. The van der Waals surface area contributed by atoms with Crippen molar-refractivity contribution < 1.29 is 9.59 Å². The summed E-state index contributed by atoms with van der Waals surface area (Å²) in [6.07, 6.45) is 5.53. The van der Waals surface area contributed by atoms with Crippen molar-refractivity contribution in [2.24, 2.45) is 15.2 Å². The lowest BCUT2D eigenvalue weighted by atomic mass is 9.80. The maximum absolute atomic E-state index is 12.3. The summed E-state index contributed by atoms with van der Waals surface area (Å²) >= 11 is 0. The minimum absolute atomic E-state index is 0.00534. The Labute approximate surface area is 212 Å². The van der Waals surface area contributed by atoms with Crippen molar-refractivity contribution in [1.82, 2.24) is 15.5 Å². The van der Waals surface area contributed by atoms with Crippen molar-refractivity contribution in [2.45, 2.75) is 57.0 Å². The first-order chi connectivity index (χ1) is 17.5. The average molecular weight is 487 g/mol. The summed E-state index contributed by atoms with van der Waals surface area (Å²) in [5.41, 5.74) is 4.26. The Hall–Kier alpha value is -3.39. The van der Waals surface area contributed by atoms with Crippen LogP contribution in [0.5, 0.6) is 0 Å². The third-order valence-electron chi connectivity index (χ3n) is 7.49. The number of aryl methyl sites for hydroxylation is 1. The fraction of sp³-hybridized carbons (Fsp3) is 0.464. The van der Waals surface area contributed by atoms with Crippen molar-refractivity contribution in [1.29, 1.82) is 0 Å². The largest absolute Gasteiger partial charge is 0.349 e. The van der Waals surface area contributed by atoms with Gasteiger partial charge in [-0.05, 0) is 61.8 Å². The van der Waals surface area contributed by atoms with Gasteiger partial charge in [0.15, 0.2) is 12.5 Å². The number of amides is 2. The number of likely N-dealkylation sites (tertiary alicyclic amines) is 1. The molecule has 0 radical (unpaired) electrons. The molecule has 1 aliphatic carbocycles. The molecule has 5 rings (SSSR count). The summed E-state index contributed by atoms with van der Waals surface area (Å²) < 4.78 is 0. The van der Waals surface area contributed by atoms with Gasteiger partial charge < -0.3 is 10.6 Å². The molecular weight excluding hydrogens is 452 g/mol. The van der Waals surface area contributed by atoms with Gasteiger partial charge in [0.05, 0.1) is 12.6 Å². The number of hydrogen-bond acceptors (Lipinski definition) is 6. The van der Waals surface area contributed by atoms with E-state index in [0.29, 0.717) is 24.2 Å². The molecule has 0 spiro atoms. The topological polar surface area (TPSA) is 98.5 Å². The van der Waals surface area contributed by atoms with Gasteiger partial charge in [0.2, 0.25) is 5.91 Å². The summed E-state index contributed by atoms with van der Waals surface area (Å²) in [5, 5.41) is 13.7. The van der Waals surface area contributed by atoms with E-state index >= 15 is 0 Å². The Kier molecular flexibility index (Phi) is 7.51. The zero-order chi connectivity index (χ0) is 24.9. The van der Waals surface area contributed by atoms with Gasteiger partial charge in [-0.25, -0.2) is 4.99 Å². The number of carbonyl (C=O) groups is 2. The van der Waals surface area contributed by atoms with Crippen LogP contribution in [0.4, 0.5) is 0 Å². The third kappa shape index (κ3) is 6.05. The first-order valence-electron chi connectivity index (χ1n) is 12.9. The summed E-state index contributed by atoms with van der Waals surface area (Å²) in [4.78, 5) is 31.3. The molecule has 8 nitrogen and oxygen atoms in total. The molecule has 1 saturated carbocycles. The van der Waals surface area contributed by atoms with Crippen LogP contribution in [0.25, 0.3) is 0 Å². The highest BCUT2D eigenvalue weighted by Gasteiger charge is 2.35. The fourth-order valence-corrected chi connectivity index (χ4v) is 5.44. The lowest BCUT2D eigenvalue weighted by Gasteiger charge is -2.46. The van der Waals surface area contributed by atoms with E-state index < -0.39 is 0 Å². The van der Waals surface area contributed by atoms with Gasteiger partial charge in [0.25, 0.3) is 5.91 Å². The molecule has 0 unspecified atom stereocenters. The van der Waals surface area contributed by atoms with Gasteiger partial charge in [-0.2, -0.15) is 5.11 Å². The van der Waals surface area contributed by atoms with Crippen LogP contribution < -0.4 is 10.6 Å². The Morgan fingerprint density at radius 1 is 1.03 bits per heavy atom. The van der Waals surface area contributed by atoms with Crippen LogP contribution in [0.1, 0.15) is 58.6 Å². The minimum Gasteiger partial charge on any atom is -0.349 e. The summed E-state index contributed by atoms with van der Waals surface area (Å²) in [5.74, 6) is 1.09. The summed E-state index contributed by atoms with van der Waals surface area (Å²) in [6, 6.07) is 17.1.